The summed E-state index contributed by atoms with van der Waals surface area (Å²) >= 11 is 1.47. The Hall–Kier alpha value is -1.40. The van der Waals surface area contributed by atoms with Crippen LogP contribution >= 0.6 is 11.3 Å². The molecule has 18 heavy (non-hydrogen) atoms. The summed E-state index contributed by atoms with van der Waals surface area (Å²) < 4.78 is 7.23. The number of hydrogen-bond donors (Lipinski definition) is 1. The molecule has 0 radical (unpaired) electrons. The first-order valence-electron chi connectivity index (χ1n) is 5.76. The third-order valence-corrected chi connectivity index (χ3v) is 4.61. The number of aryl methyl sites for hydroxylation is 1. The Morgan fingerprint density at radius 2 is 2.11 bits per heavy atom. The minimum absolute atomic E-state index is 0.262. The highest BCUT2D eigenvalue weighted by Crippen LogP contribution is 2.36. The molecule has 2 aromatic rings. The number of rotatable bonds is 0. The van der Waals surface area contributed by atoms with E-state index < -0.39 is 0 Å². The van der Waals surface area contributed by atoms with Gasteiger partial charge in [-0.3, -0.25) is 14.3 Å². The molecule has 0 aromatic carbocycles. The molecule has 3 rings (SSSR count). The molecule has 0 saturated heterocycles. The van der Waals surface area contributed by atoms with Gasteiger partial charge in [-0.25, -0.2) is 4.79 Å². The molecule has 0 saturated carbocycles. The normalized spacial score (nSPS) is 17.9. The van der Waals surface area contributed by atoms with Crippen LogP contribution in [0.4, 0.5) is 0 Å². The molecule has 0 fully saturated rings. The number of thiophene rings is 1. The molecular weight excluding hydrogens is 252 g/mol. The second-order valence-electron chi connectivity index (χ2n) is 5.23. The van der Waals surface area contributed by atoms with E-state index in [1.807, 2.05) is 13.8 Å². The highest BCUT2D eigenvalue weighted by molar-refractivity contribution is 7.18. The smallest absolute Gasteiger partial charge is 0.329 e. The number of nitrogens with zero attached hydrogens (tertiary/aromatic N) is 1. The molecule has 0 bridgehead atoms. The van der Waals surface area contributed by atoms with Crippen molar-refractivity contribution < 1.29 is 4.74 Å². The van der Waals surface area contributed by atoms with Crippen molar-refractivity contribution in [3.05, 3.63) is 31.3 Å². The third-order valence-electron chi connectivity index (χ3n) is 3.33. The van der Waals surface area contributed by atoms with Crippen molar-refractivity contribution >= 4 is 21.6 Å². The molecule has 2 aromatic heterocycles. The lowest BCUT2D eigenvalue weighted by Crippen LogP contribution is -2.32. The van der Waals surface area contributed by atoms with Crippen molar-refractivity contribution in [3.63, 3.8) is 0 Å². The van der Waals surface area contributed by atoms with Crippen LogP contribution in [-0.4, -0.2) is 15.2 Å². The van der Waals surface area contributed by atoms with Crippen LogP contribution in [0, 0.1) is 0 Å². The molecule has 96 valence electrons. The first-order valence-corrected chi connectivity index (χ1v) is 6.58. The maximum absolute atomic E-state index is 12.0. The number of H-pyrrole nitrogens is 1. The number of aromatic amines is 1. The summed E-state index contributed by atoms with van der Waals surface area (Å²) in [6.07, 6.45) is 0.698. The van der Waals surface area contributed by atoms with Crippen LogP contribution in [0.25, 0.3) is 10.2 Å². The van der Waals surface area contributed by atoms with Crippen molar-refractivity contribution in [1.29, 1.82) is 0 Å². The average molecular weight is 266 g/mol. The third kappa shape index (κ3) is 1.56. The summed E-state index contributed by atoms with van der Waals surface area (Å²) in [6, 6.07) is 0. The van der Waals surface area contributed by atoms with Gasteiger partial charge in [-0.15, -0.1) is 11.3 Å². The Morgan fingerprint density at radius 1 is 1.39 bits per heavy atom. The molecule has 6 heteroatoms. The maximum Gasteiger partial charge on any atom is 0.329 e. The zero-order chi connectivity index (χ0) is 13.1. The van der Waals surface area contributed by atoms with E-state index >= 15 is 0 Å². The monoisotopic (exact) mass is 266 g/mol. The largest absolute Gasteiger partial charge is 0.370 e. The summed E-state index contributed by atoms with van der Waals surface area (Å²) in [4.78, 5) is 27.7. The fourth-order valence-corrected chi connectivity index (χ4v) is 3.53. The van der Waals surface area contributed by atoms with Crippen LogP contribution in [0.3, 0.4) is 0 Å². The Kier molecular flexibility index (Phi) is 2.30. The van der Waals surface area contributed by atoms with Crippen LogP contribution in [0.15, 0.2) is 9.59 Å². The Balaban J connectivity index is 2.41. The van der Waals surface area contributed by atoms with Gasteiger partial charge in [0.05, 0.1) is 17.6 Å². The molecule has 0 unspecified atom stereocenters. The molecule has 0 aliphatic carbocycles. The molecule has 3 heterocycles. The fourth-order valence-electron chi connectivity index (χ4n) is 2.35. The SMILES string of the molecule is Cn1c(=O)[nH]c(=O)c2c3c(sc21)COC(C)(C)C3. The van der Waals surface area contributed by atoms with E-state index in [2.05, 4.69) is 4.98 Å². The second-order valence-corrected chi connectivity index (χ2v) is 6.31. The number of nitrogens with one attached hydrogen (secondary N) is 1. The zero-order valence-corrected chi connectivity index (χ0v) is 11.3. The van der Waals surface area contributed by atoms with E-state index in [4.69, 9.17) is 4.74 Å². The van der Waals surface area contributed by atoms with Crippen molar-refractivity contribution in [1.82, 2.24) is 9.55 Å². The van der Waals surface area contributed by atoms with Crippen molar-refractivity contribution in [2.75, 3.05) is 0 Å². The van der Waals surface area contributed by atoms with E-state index in [0.717, 1.165) is 15.3 Å². The molecule has 0 amide bonds. The highest BCUT2D eigenvalue weighted by Gasteiger charge is 2.30. The van der Waals surface area contributed by atoms with Gasteiger partial charge in [0, 0.05) is 18.3 Å². The van der Waals surface area contributed by atoms with Gasteiger partial charge < -0.3 is 4.74 Å². The molecule has 0 atom stereocenters. The van der Waals surface area contributed by atoms with Crippen LogP contribution in [0.5, 0.6) is 0 Å². The standard InChI is InChI=1S/C12H14N2O3S/c1-12(2)4-6-7(5-17-12)18-10-8(6)9(15)13-11(16)14(10)3/h4-5H2,1-3H3,(H,13,15,16). The average Bonchev–Trinajstić information content (AvgIpc) is 2.63. The van der Waals surface area contributed by atoms with Gasteiger partial charge in [0.15, 0.2) is 0 Å². The lowest BCUT2D eigenvalue weighted by Gasteiger charge is -2.29. The lowest BCUT2D eigenvalue weighted by molar-refractivity contribution is -0.0379. The molecule has 1 aliphatic rings. The first-order chi connectivity index (χ1) is 8.39. The number of aromatic nitrogens is 2. The molecule has 0 spiro atoms. The summed E-state index contributed by atoms with van der Waals surface area (Å²) in [5.74, 6) is 0. The van der Waals surface area contributed by atoms with Crippen LogP contribution in [-0.2, 0) is 24.8 Å². The summed E-state index contributed by atoms with van der Waals surface area (Å²) in [6.45, 7) is 4.53. The lowest BCUT2D eigenvalue weighted by atomic mass is 9.94. The summed E-state index contributed by atoms with van der Waals surface area (Å²) in [5, 5.41) is 0.647. The first kappa shape index (κ1) is 11.7. The molecular formula is C12H14N2O3S. The maximum atomic E-state index is 12.0. The van der Waals surface area contributed by atoms with Gasteiger partial charge in [-0.05, 0) is 19.4 Å². The minimum Gasteiger partial charge on any atom is -0.370 e. The van der Waals surface area contributed by atoms with E-state index in [1.165, 1.54) is 15.9 Å². The van der Waals surface area contributed by atoms with Gasteiger partial charge in [-0.2, -0.15) is 0 Å². The van der Waals surface area contributed by atoms with E-state index in [-0.39, 0.29) is 16.9 Å². The fraction of sp³-hybridized carbons (Fsp3) is 0.500. The molecule has 5 nitrogen and oxygen atoms in total. The highest BCUT2D eigenvalue weighted by atomic mass is 32.1. The molecule has 1 N–H and O–H groups in total. The van der Waals surface area contributed by atoms with Gasteiger partial charge >= 0.3 is 5.69 Å². The Morgan fingerprint density at radius 3 is 2.83 bits per heavy atom. The van der Waals surface area contributed by atoms with Crippen LogP contribution < -0.4 is 11.2 Å². The van der Waals surface area contributed by atoms with Gasteiger partial charge in [0.1, 0.15) is 4.83 Å². The van der Waals surface area contributed by atoms with E-state index in [1.54, 1.807) is 7.05 Å². The van der Waals surface area contributed by atoms with E-state index in [9.17, 15) is 9.59 Å². The Bertz CT molecular complexity index is 751. The van der Waals surface area contributed by atoms with E-state index in [0.29, 0.717) is 18.4 Å². The topological polar surface area (TPSA) is 64.1 Å². The number of fused-ring (bicyclic) bond motifs is 3. The number of ether oxygens (including phenoxy) is 1. The number of hydrogen-bond acceptors (Lipinski definition) is 4. The van der Waals surface area contributed by atoms with Crippen LogP contribution in [0.2, 0.25) is 0 Å². The second kappa shape index (κ2) is 3.55. The van der Waals surface area contributed by atoms with Gasteiger partial charge in [-0.1, -0.05) is 0 Å². The predicted octanol–water partition coefficient (Wildman–Crippen LogP) is 1.14. The minimum atomic E-state index is -0.369. The quantitative estimate of drug-likeness (QED) is 0.777. The van der Waals surface area contributed by atoms with Crippen molar-refractivity contribution in [2.45, 2.75) is 32.5 Å². The summed E-state index contributed by atoms with van der Waals surface area (Å²) in [5.41, 5.74) is 0.111. The Labute approximate surface area is 107 Å². The molecule has 1 aliphatic heterocycles. The zero-order valence-electron chi connectivity index (χ0n) is 10.5. The van der Waals surface area contributed by atoms with Crippen molar-refractivity contribution in [2.24, 2.45) is 7.05 Å². The van der Waals surface area contributed by atoms with Crippen molar-refractivity contribution in [3.8, 4) is 0 Å². The predicted molar refractivity (Wildman–Crippen MR) is 70.3 cm³/mol. The van der Waals surface area contributed by atoms with Crippen LogP contribution in [0.1, 0.15) is 24.3 Å². The van der Waals surface area contributed by atoms with Gasteiger partial charge in [0.2, 0.25) is 0 Å². The van der Waals surface area contributed by atoms with Gasteiger partial charge in [0.25, 0.3) is 5.56 Å². The summed E-state index contributed by atoms with van der Waals surface area (Å²) in [7, 11) is 1.68.